The van der Waals surface area contributed by atoms with Gasteiger partial charge in [0.15, 0.2) is 9.84 Å². The number of benzene rings is 1. The van der Waals surface area contributed by atoms with Gasteiger partial charge >= 0.3 is 0 Å². The molecule has 0 saturated carbocycles. The summed E-state index contributed by atoms with van der Waals surface area (Å²) in [4.78, 5) is 26.1. The largest absolute Gasteiger partial charge is 0.351 e. The third kappa shape index (κ3) is 5.07. The molecule has 0 radical (unpaired) electrons. The Labute approximate surface area is 134 Å². The molecule has 1 heterocycles. The normalized spacial score (nSPS) is 11.2. The van der Waals surface area contributed by atoms with Crippen LogP contribution in [0.25, 0.3) is 0 Å². The topological polar surface area (TPSA) is 96.1 Å². The van der Waals surface area contributed by atoms with Gasteiger partial charge < -0.3 is 10.3 Å². The van der Waals surface area contributed by atoms with E-state index in [2.05, 4.69) is 10.3 Å². The lowest BCUT2D eigenvalue weighted by Gasteiger charge is -2.07. The Morgan fingerprint density at radius 3 is 2.48 bits per heavy atom. The summed E-state index contributed by atoms with van der Waals surface area (Å²) in [6.45, 7) is 1.67. The van der Waals surface area contributed by atoms with E-state index in [0.717, 1.165) is 0 Å². The molecule has 6 nitrogen and oxygen atoms in total. The highest BCUT2D eigenvalue weighted by atomic mass is 32.2. The molecule has 1 amide bonds. The molecule has 0 aliphatic rings. The number of aromatic nitrogens is 1. The fourth-order valence-corrected chi connectivity index (χ4v) is 3.32. The average Bonchev–Trinajstić information content (AvgIpc) is 2.47. The Kier molecular flexibility index (Phi) is 5.33. The number of sulfone groups is 1. The monoisotopic (exact) mass is 334 g/mol. The standard InChI is InChI=1S/C16H18N2O4S/c1-12-7-8-14(16(20)18-12)15(19)17-9-10-23(21,22)11-13-5-3-2-4-6-13/h2-8H,9-11H2,1H3,(H,17,19)(H,18,20). The Bertz CT molecular complexity index is 842. The third-order valence-electron chi connectivity index (χ3n) is 3.23. The van der Waals surface area contributed by atoms with Crippen molar-refractivity contribution < 1.29 is 13.2 Å². The molecule has 0 saturated heterocycles. The van der Waals surface area contributed by atoms with Crippen molar-refractivity contribution in [1.29, 1.82) is 0 Å². The van der Waals surface area contributed by atoms with Gasteiger partial charge in [-0.3, -0.25) is 9.59 Å². The number of aryl methyl sites for hydroxylation is 1. The number of nitrogens with one attached hydrogen (secondary N) is 2. The molecule has 2 N–H and O–H groups in total. The van der Waals surface area contributed by atoms with Gasteiger partial charge in [0.25, 0.3) is 11.5 Å². The van der Waals surface area contributed by atoms with Gasteiger partial charge in [0.2, 0.25) is 0 Å². The summed E-state index contributed by atoms with van der Waals surface area (Å²) in [5.41, 5.74) is 0.830. The first-order valence-corrected chi connectivity index (χ1v) is 8.92. The van der Waals surface area contributed by atoms with Gasteiger partial charge in [-0.2, -0.15) is 0 Å². The molecule has 0 atom stereocenters. The molecule has 23 heavy (non-hydrogen) atoms. The van der Waals surface area contributed by atoms with E-state index in [0.29, 0.717) is 11.3 Å². The predicted molar refractivity (Wildman–Crippen MR) is 88.1 cm³/mol. The van der Waals surface area contributed by atoms with E-state index >= 15 is 0 Å². The molecule has 0 bridgehead atoms. The van der Waals surface area contributed by atoms with Crippen molar-refractivity contribution in [2.75, 3.05) is 12.3 Å². The maximum Gasteiger partial charge on any atom is 0.260 e. The summed E-state index contributed by atoms with van der Waals surface area (Å²) in [5.74, 6) is -0.840. The van der Waals surface area contributed by atoms with Crippen LogP contribution < -0.4 is 10.9 Å². The van der Waals surface area contributed by atoms with Crippen LogP contribution in [0.4, 0.5) is 0 Å². The van der Waals surface area contributed by atoms with Gasteiger partial charge in [-0.15, -0.1) is 0 Å². The van der Waals surface area contributed by atoms with Crippen molar-refractivity contribution in [3.63, 3.8) is 0 Å². The molecule has 1 aromatic carbocycles. The lowest BCUT2D eigenvalue weighted by Crippen LogP contribution is -2.33. The Morgan fingerprint density at radius 1 is 1.13 bits per heavy atom. The van der Waals surface area contributed by atoms with Gasteiger partial charge in [-0.05, 0) is 24.6 Å². The third-order valence-corrected chi connectivity index (χ3v) is 4.83. The maximum atomic E-state index is 12.0. The van der Waals surface area contributed by atoms with Crippen molar-refractivity contribution in [2.45, 2.75) is 12.7 Å². The number of hydrogen-bond acceptors (Lipinski definition) is 4. The van der Waals surface area contributed by atoms with Crippen molar-refractivity contribution in [3.05, 3.63) is 69.6 Å². The van der Waals surface area contributed by atoms with Gasteiger partial charge in [0.1, 0.15) is 5.56 Å². The fraction of sp³-hybridized carbons (Fsp3) is 0.250. The molecule has 1 aromatic heterocycles. The lowest BCUT2D eigenvalue weighted by molar-refractivity contribution is 0.0954. The van der Waals surface area contributed by atoms with Gasteiger partial charge in [-0.1, -0.05) is 30.3 Å². The van der Waals surface area contributed by atoms with Crippen LogP contribution in [0, 0.1) is 6.92 Å². The number of H-pyrrole nitrogens is 1. The second kappa shape index (κ2) is 7.23. The van der Waals surface area contributed by atoms with Crippen LogP contribution in [0.5, 0.6) is 0 Å². The molecule has 0 aliphatic carbocycles. The van der Waals surface area contributed by atoms with Gasteiger partial charge in [-0.25, -0.2) is 8.42 Å². The number of carbonyl (C=O) groups excluding carboxylic acids is 1. The zero-order valence-electron chi connectivity index (χ0n) is 12.7. The number of aromatic amines is 1. The number of pyridine rings is 1. The molecular formula is C16H18N2O4S. The molecular weight excluding hydrogens is 316 g/mol. The zero-order chi connectivity index (χ0) is 16.9. The number of amides is 1. The minimum absolute atomic E-state index is 0.0314. The second-order valence-corrected chi connectivity index (χ2v) is 7.40. The SMILES string of the molecule is Cc1ccc(C(=O)NCCS(=O)(=O)Cc2ccccc2)c(=O)[nH]1. The lowest BCUT2D eigenvalue weighted by atomic mass is 10.2. The van der Waals surface area contributed by atoms with Gasteiger partial charge in [0.05, 0.1) is 11.5 Å². The molecule has 0 aliphatic heterocycles. The Balaban J connectivity index is 1.91. The maximum absolute atomic E-state index is 12.0. The van der Waals surface area contributed by atoms with Crippen LogP contribution in [0.15, 0.2) is 47.3 Å². The summed E-state index contributed by atoms with van der Waals surface area (Å²) < 4.78 is 24.0. The van der Waals surface area contributed by atoms with Crippen LogP contribution in [-0.4, -0.2) is 31.6 Å². The summed E-state index contributed by atoms with van der Waals surface area (Å²) >= 11 is 0. The highest BCUT2D eigenvalue weighted by Crippen LogP contribution is 2.05. The van der Waals surface area contributed by atoms with E-state index in [4.69, 9.17) is 0 Å². The molecule has 2 aromatic rings. The summed E-state index contributed by atoms with van der Waals surface area (Å²) in [6, 6.07) is 11.9. The Hall–Kier alpha value is -2.41. The highest BCUT2D eigenvalue weighted by molar-refractivity contribution is 7.90. The number of hydrogen-bond donors (Lipinski definition) is 2. The average molecular weight is 334 g/mol. The van der Waals surface area contributed by atoms with Crippen LogP contribution in [0.3, 0.4) is 0 Å². The molecule has 0 unspecified atom stereocenters. The first-order chi connectivity index (χ1) is 10.9. The fourth-order valence-electron chi connectivity index (χ4n) is 2.07. The minimum atomic E-state index is -3.33. The molecule has 122 valence electrons. The first kappa shape index (κ1) is 17.0. The predicted octanol–water partition coefficient (Wildman–Crippen LogP) is 1.03. The number of carbonyl (C=O) groups is 1. The van der Waals surface area contributed by atoms with Crippen molar-refractivity contribution in [1.82, 2.24) is 10.3 Å². The van der Waals surface area contributed by atoms with Crippen LogP contribution in [-0.2, 0) is 15.6 Å². The number of rotatable bonds is 6. The zero-order valence-corrected chi connectivity index (χ0v) is 13.5. The molecule has 7 heteroatoms. The molecule has 0 fully saturated rings. The van der Waals surface area contributed by atoms with E-state index in [1.54, 1.807) is 37.3 Å². The van der Waals surface area contributed by atoms with Crippen LogP contribution in [0.2, 0.25) is 0 Å². The summed E-state index contributed by atoms with van der Waals surface area (Å²) in [6.07, 6.45) is 0. The second-order valence-electron chi connectivity index (χ2n) is 5.22. The van der Waals surface area contributed by atoms with Crippen LogP contribution in [0.1, 0.15) is 21.6 Å². The van der Waals surface area contributed by atoms with Crippen molar-refractivity contribution in [3.8, 4) is 0 Å². The van der Waals surface area contributed by atoms with Gasteiger partial charge in [0, 0.05) is 12.2 Å². The van der Waals surface area contributed by atoms with E-state index < -0.39 is 21.3 Å². The quantitative estimate of drug-likeness (QED) is 0.824. The molecule has 2 rings (SSSR count). The smallest absolute Gasteiger partial charge is 0.260 e. The van der Waals surface area contributed by atoms with Crippen molar-refractivity contribution in [2.24, 2.45) is 0 Å². The highest BCUT2D eigenvalue weighted by Gasteiger charge is 2.14. The Morgan fingerprint density at radius 2 is 1.83 bits per heavy atom. The first-order valence-electron chi connectivity index (χ1n) is 7.10. The van der Waals surface area contributed by atoms with E-state index in [1.165, 1.54) is 6.07 Å². The van der Waals surface area contributed by atoms with E-state index in [-0.39, 0.29) is 23.6 Å². The van der Waals surface area contributed by atoms with Crippen molar-refractivity contribution >= 4 is 15.7 Å². The van der Waals surface area contributed by atoms with Crippen LogP contribution >= 0.6 is 0 Å². The minimum Gasteiger partial charge on any atom is -0.351 e. The summed E-state index contributed by atoms with van der Waals surface area (Å²) in [7, 11) is -3.33. The van der Waals surface area contributed by atoms with E-state index in [9.17, 15) is 18.0 Å². The van der Waals surface area contributed by atoms with E-state index in [1.807, 2.05) is 6.07 Å². The summed E-state index contributed by atoms with van der Waals surface area (Å²) in [5, 5.41) is 2.46. The molecule has 0 spiro atoms.